The molecule has 0 radical (unpaired) electrons. The van der Waals surface area contributed by atoms with E-state index < -0.39 is 13.1 Å². The van der Waals surface area contributed by atoms with Crippen molar-refractivity contribution in [3.8, 4) is 0 Å². The van der Waals surface area contributed by atoms with Crippen molar-refractivity contribution in [3.05, 3.63) is 33.8 Å². The molecular formula is C8H10BBrO3. The van der Waals surface area contributed by atoms with E-state index in [9.17, 15) is 5.11 Å². The topological polar surface area (TPSA) is 60.7 Å². The van der Waals surface area contributed by atoms with E-state index >= 15 is 0 Å². The van der Waals surface area contributed by atoms with Gasteiger partial charge in [0.15, 0.2) is 0 Å². The molecule has 0 aliphatic heterocycles. The summed E-state index contributed by atoms with van der Waals surface area (Å²) in [6.07, 6.45) is 0. The van der Waals surface area contributed by atoms with E-state index in [0.717, 1.165) is 5.56 Å². The lowest BCUT2D eigenvalue weighted by Gasteiger charge is -2.11. The molecule has 0 heterocycles. The Morgan fingerprint density at radius 2 is 2.00 bits per heavy atom. The average molecular weight is 245 g/mol. The van der Waals surface area contributed by atoms with Crippen molar-refractivity contribution in [3.63, 3.8) is 0 Å². The quantitative estimate of drug-likeness (QED) is 0.675. The van der Waals surface area contributed by atoms with Gasteiger partial charge in [-0.15, -0.1) is 0 Å². The van der Waals surface area contributed by atoms with E-state index in [1.54, 1.807) is 18.2 Å². The Hall–Kier alpha value is -0.355. The van der Waals surface area contributed by atoms with Crippen LogP contribution >= 0.6 is 15.9 Å². The maximum Gasteiger partial charge on any atom is 0.487 e. The van der Waals surface area contributed by atoms with E-state index in [2.05, 4.69) is 15.9 Å². The predicted molar refractivity (Wildman–Crippen MR) is 54.0 cm³/mol. The Kier molecular flexibility index (Phi) is 3.50. The molecule has 0 saturated carbocycles. The molecule has 13 heavy (non-hydrogen) atoms. The molecular weight excluding hydrogens is 235 g/mol. The second kappa shape index (κ2) is 4.24. The summed E-state index contributed by atoms with van der Waals surface area (Å²) in [5.41, 5.74) is 1.51. The first-order valence-corrected chi connectivity index (χ1v) is 4.62. The van der Waals surface area contributed by atoms with Crippen LogP contribution in [0.5, 0.6) is 0 Å². The summed E-state index contributed by atoms with van der Waals surface area (Å²) >= 11 is 3.23. The molecule has 70 valence electrons. The van der Waals surface area contributed by atoms with Gasteiger partial charge in [-0.25, -0.2) is 0 Å². The smallest absolute Gasteiger partial charge is 0.425 e. The first kappa shape index (κ1) is 10.7. The first-order valence-electron chi connectivity index (χ1n) is 3.82. The van der Waals surface area contributed by atoms with E-state index in [0.29, 0.717) is 10.0 Å². The highest BCUT2D eigenvalue weighted by atomic mass is 79.9. The van der Waals surface area contributed by atoms with Crippen LogP contribution in [0.4, 0.5) is 0 Å². The van der Waals surface area contributed by atoms with Crippen molar-refractivity contribution in [1.29, 1.82) is 0 Å². The molecule has 5 heteroatoms. The Labute approximate surface area is 85.3 Å². The second-order valence-corrected chi connectivity index (χ2v) is 3.74. The number of aliphatic hydroxyl groups excluding tert-OH is 1. The van der Waals surface area contributed by atoms with Crippen molar-refractivity contribution in [2.75, 3.05) is 0 Å². The number of halogens is 1. The fourth-order valence-electron chi connectivity index (χ4n) is 1.03. The van der Waals surface area contributed by atoms with Crippen LogP contribution in [0.25, 0.3) is 0 Å². The van der Waals surface area contributed by atoms with Crippen LogP contribution in [0.2, 0.25) is 0 Å². The lowest BCUT2D eigenvalue weighted by atomic mass is 9.78. The molecule has 0 aliphatic carbocycles. The van der Waals surface area contributed by atoms with Gasteiger partial charge in [-0.1, -0.05) is 28.1 Å². The number of rotatable bonds is 2. The summed E-state index contributed by atoms with van der Waals surface area (Å²) in [5.74, 6) is 0. The predicted octanol–water partition coefficient (Wildman–Crippen LogP) is 0.803. The van der Waals surface area contributed by atoms with Crippen LogP contribution < -0.4 is 0 Å². The highest BCUT2D eigenvalue weighted by molar-refractivity contribution is 9.10. The van der Waals surface area contributed by atoms with Crippen molar-refractivity contribution < 1.29 is 15.2 Å². The number of aliphatic hydroxyl groups is 1. The van der Waals surface area contributed by atoms with Gasteiger partial charge in [0.2, 0.25) is 0 Å². The van der Waals surface area contributed by atoms with E-state index in [1.807, 2.05) is 6.92 Å². The van der Waals surface area contributed by atoms with Gasteiger partial charge in [-0.2, -0.15) is 0 Å². The number of aryl methyl sites for hydroxylation is 1. The molecule has 0 unspecified atom stereocenters. The normalized spacial score (nSPS) is 12.7. The maximum absolute atomic E-state index is 9.34. The minimum atomic E-state index is -1.75. The van der Waals surface area contributed by atoms with E-state index in [-0.39, 0.29) is 0 Å². The molecule has 0 saturated heterocycles. The average Bonchev–Trinajstić information content (AvgIpc) is 2.03. The van der Waals surface area contributed by atoms with Crippen molar-refractivity contribution in [1.82, 2.24) is 0 Å². The maximum atomic E-state index is 9.34. The number of hydrogen-bond acceptors (Lipinski definition) is 3. The molecule has 1 rings (SSSR count). The summed E-state index contributed by atoms with van der Waals surface area (Å²) in [6.45, 7) is 1.91. The van der Waals surface area contributed by atoms with Crippen LogP contribution in [0.3, 0.4) is 0 Å². The lowest BCUT2D eigenvalue weighted by molar-refractivity contribution is 0.200. The molecule has 1 aromatic carbocycles. The van der Waals surface area contributed by atoms with Gasteiger partial charge in [-0.3, -0.25) is 0 Å². The SMILES string of the molecule is Cc1ccc([C@H](O)B(O)O)c(Br)c1. The van der Waals surface area contributed by atoms with Crippen LogP contribution in [0.1, 0.15) is 17.1 Å². The van der Waals surface area contributed by atoms with Gasteiger partial charge in [0.1, 0.15) is 6.00 Å². The number of benzene rings is 1. The minimum Gasteiger partial charge on any atom is -0.425 e. The third kappa shape index (κ3) is 2.54. The summed E-state index contributed by atoms with van der Waals surface area (Å²) in [7, 11) is -1.75. The molecule has 3 nitrogen and oxygen atoms in total. The highest BCUT2D eigenvalue weighted by Crippen LogP contribution is 2.24. The molecule has 0 fully saturated rings. The standard InChI is InChI=1S/C8H10BBrO3/c1-5-2-3-6(7(10)4-5)8(11)9(12)13/h2-4,8,11-13H,1H3/t8-/m0/s1. The Balaban J connectivity index is 3.01. The summed E-state index contributed by atoms with van der Waals surface area (Å²) in [6, 6.07) is 3.99. The molecule has 3 N–H and O–H groups in total. The third-order valence-electron chi connectivity index (χ3n) is 1.76. The van der Waals surface area contributed by atoms with Crippen molar-refractivity contribution in [2.45, 2.75) is 12.9 Å². The Bertz CT molecular complexity index is 303. The fourth-order valence-corrected chi connectivity index (χ4v) is 1.76. The van der Waals surface area contributed by atoms with Crippen LogP contribution in [0.15, 0.2) is 22.7 Å². The zero-order valence-corrected chi connectivity index (χ0v) is 8.69. The minimum absolute atomic E-state index is 0.473. The van der Waals surface area contributed by atoms with Gasteiger partial charge in [-0.05, 0) is 24.1 Å². The Morgan fingerprint density at radius 1 is 1.38 bits per heavy atom. The van der Waals surface area contributed by atoms with Crippen molar-refractivity contribution in [2.24, 2.45) is 0 Å². The molecule has 0 bridgehead atoms. The molecule has 0 spiro atoms. The first-order chi connectivity index (χ1) is 6.02. The molecule has 0 aromatic heterocycles. The lowest BCUT2D eigenvalue weighted by Crippen LogP contribution is -2.23. The molecule has 0 amide bonds. The third-order valence-corrected chi connectivity index (χ3v) is 2.44. The fraction of sp³-hybridized carbons (Fsp3) is 0.250. The monoisotopic (exact) mass is 244 g/mol. The Morgan fingerprint density at radius 3 is 2.46 bits per heavy atom. The van der Waals surface area contributed by atoms with Gasteiger partial charge in [0, 0.05) is 4.47 Å². The van der Waals surface area contributed by atoms with Gasteiger partial charge in [0.05, 0.1) is 0 Å². The molecule has 0 aliphatic rings. The zero-order valence-electron chi connectivity index (χ0n) is 7.11. The van der Waals surface area contributed by atoms with E-state index in [1.165, 1.54) is 0 Å². The largest absolute Gasteiger partial charge is 0.487 e. The summed E-state index contributed by atoms with van der Waals surface area (Å²) in [4.78, 5) is 0. The van der Waals surface area contributed by atoms with E-state index in [4.69, 9.17) is 10.0 Å². The van der Waals surface area contributed by atoms with Crippen LogP contribution in [0, 0.1) is 6.92 Å². The van der Waals surface area contributed by atoms with Crippen molar-refractivity contribution >= 4 is 23.0 Å². The highest BCUT2D eigenvalue weighted by Gasteiger charge is 2.24. The summed E-state index contributed by atoms with van der Waals surface area (Å²) in [5, 5.41) is 26.8. The summed E-state index contributed by atoms with van der Waals surface area (Å²) < 4.78 is 0.674. The molecule has 1 atom stereocenters. The number of hydrogen-bond donors (Lipinski definition) is 3. The van der Waals surface area contributed by atoms with Gasteiger partial charge >= 0.3 is 7.12 Å². The van der Waals surface area contributed by atoms with Crippen LogP contribution in [-0.2, 0) is 0 Å². The molecule has 1 aromatic rings. The van der Waals surface area contributed by atoms with Gasteiger partial charge < -0.3 is 15.2 Å². The van der Waals surface area contributed by atoms with Crippen LogP contribution in [-0.4, -0.2) is 22.3 Å². The second-order valence-electron chi connectivity index (χ2n) is 2.88. The van der Waals surface area contributed by atoms with Gasteiger partial charge in [0.25, 0.3) is 0 Å². The zero-order chi connectivity index (χ0) is 10.0.